The van der Waals surface area contributed by atoms with Gasteiger partial charge >= 0.3 is 0 Å². The van der Waals surface area contributed by atoms with Crippen molar-refractivity contribution in [3.05, 3.63) is 16.1 Å². The van der Waals surface area contributed by atoms with Crippen LogP contribution in [-0.4, -0.2) is 16.7 Å². The van der Waals surface area contributed by atoms with Gasteiger partial charge in [-0.1, -0.05) is 20.8 Å². The number of rotatable bonds is 3. The first-order chi connectivity index (χ1) is 5.60. The van der Waals surface area contributed by atoms with Crippen LogP contribution < -0.4 is 0 Å². The molecule has 0 radical (unpaired) electrons. The van der Waals surface area contributed by atoms with E-state index < -0.39 is 0 Å². The Balaban J connectivity index is 2.88. The second-order valence-electron chi connectivity index (χ2n) is 3.54. The molecule has 1 N–H and O–H groups in total. The molecule has 12 heavy (non-hydrogen) atoms. The first kappa shape index (κ1) is 9.68. The van der Waals surface area contributed by atoms with Crippen molar-refractivity contribution in [2.24, 2.45) is 0 Å². The predicted molar refractivity (Wildman–Crippen MR) is 51.6 cm³/mol. The van der Waals surface area contributed by atoms with Crippen molar-refractivity contribution in [3.8, 4) is 0 Å². The molecule has 1 heterocycles. The fourth-order valence-corrected chi connectivity index (χ4v) is 1.87. The Hall–Kier alpha value is -0.410. The van der Waals surface area contributed by atoms with E-state index in [0.717, 1.165) is 17.1 Å². The van der Waals surface area contributed by atoms with Gasteiger partial charge in [-0.3, -0.25) is 0 Å². The summed E-state index contributed by atoms with van der Waals surface area (Å²) in [6, 6.07) is 0. The van der Waals surface area contributed by atoms with Crippen LogP contribution in [0.3, 0.4) is 0 Å². The maximum absolute atomic E-state index is 9.10. The summed E-state index contributed by atoms with van der Waals surface area (Å²) in [6.45, 7) is 6.25. The fraction of sp³-hybridized carbons (Fsp3) is 0.667. The molecule has 0 aliphatic rings. The summed E-state index contributed by atoms with van der Waals surface area (Å²) in [6.07, 6.45) is 0.970. The molecule has 0 spiro atoms. The van der Waals surface area contributed by atoms with E-state index in [0.29, 0.717) is 0 Å². The first-order valence-corrected chi connectivity index (χ1v) is 5.04. The van der Waals surface area contributed by atoms with E-state index in [-0.39, 0.29) is 12.0 Å². The first-order valence-electron chi connectivity index (χ1n) is 4.16. The molecule has 2 nitrogen and oxygen atoms in total. The molecule has 0 saturated carbocycles. The number of hydrogen-bond donors (Lipinski definition) is 1. The van der Waals surface area contributed by atoms with Gasteiger partial charge in [-0.15, -0.1) is 11.3 Å². The molecule has 0 unspecified atom stereocenters. The highest BCUT2D eigenvalue weighted by Crippen LogP contribution is 2.25. The van der Waals surface area contributed by atoms with Crippen LogP contribution in [-0.2, 0) is 11.8 Å². The van der Waals surface area contributed by atoms with Crippen molar-refractivity contribution in [2.75, 3.05) is 6.61 Å². The van der Waals surface area contributed by atoms with Gasteiger partial charge < -0.3 is 5.11 Å². The molecule has 0 aliphatic heterocycles. The monoisotopic (exact) mass is 185 g/mol. The largest absolute Gasteiger partial charge is 0.395 e. The number of aryl methyl sites for hydroxylation is 1. The van der Waals surface area contributed by atoms with Crippen LogP contribution in [0.1, 0.15) is 31.5 Å². The summed E-state index contributed by atoms with van der Waals surface area (Å²) in [4.78, 5) is 4.43. The van der Waals surface area contributed by atoms with Gasteiger partial charge in [0.1, 0.15) is 5.01 Å². The Morgan fingerprint density at radius 3 is 2.67 bits per heavy atom. The van der Waals surface area contributed by atoms with Gasteiger partial charge in [0.2, 0.25) is 0 Å². The SMILES string of the molecule is CCc1csc(C(C)(C)CO)n1. The topological polar surface area (TPSA) is 33.1 Å². The molecule has 68 valence electrons. The van der Waals surface area contributed by atoms with Crippen LogP contribution in [0.15, 0.2) is 5.38 Å². The van der Waals surface area contributed by atoms with E-state index in [1.807, 2.05) is 13.8 Å². The fourth-order valence-electron chi connectivity index (χ4n) is 0.848. The van der Waals surface area contributed by atoms with Crippen molar-refractivity contribution in [2.45, 2.75) is 32.6 Å². The Labute approximate surface area is 77.3 Å². The molecule has 1 aromatic rings. The van der Waals surface area contributed by atoms with Gasteiger partial charge in [0, 0.05) is 10.8 Å². The van der Waals surface area contributed by atoms with Crippen LogP contribution in [0.5, 0.6) is 0 Å². The van der Waals surface area contributed by atoms with Crippen LogP contribution in [0, 0.1) is 0 Å². The second-order valence-corrected chi connectivity index (χ2v) is 4.40. The lowest BCUT2D eigenvalue weighted by Gasteiger charge is -2.17. The van der Waals surface area contributed by atoms with E-state index >= 15 is 0 Å². The van der Waals surface area contributed by atoms with Crippen LogP contribution >= 0.6 is 11.3 Å². The molecule has 0 atom stereocenters. The van der Waals surface area contributed by atoms with E-state index in [2.05, 4.69) is 17.3 Å². The number of nitrogens with zero attached hydrogens (tertiary/aromatic N) is 1. The lowest BCUT2D eigenvalue weighted by molar-refractivity contribution is 0.218. The highest BCUT2D eigenvalue weighted by molar-refractivity contribution is 7.09. The summed E-state index contributed by atoms with van der Waals surface area (Å²) >= 11 is 1.63. The molecule has 0 fully saturated rings. The molecule has 0 aromatic carbocycles. The molecule has 0 saturated heterocycles. The minimum Gasteiger partial charge on any atom is -0.395 e. The minimum absolute atomic E-state index is 0.156. The number of hydrogen-bond acceptors (Lipinski definition) is 3. The van der Waals surface area contributed by atoms with Gasteiger partial charge in [0.25, 0.3) is 0 Å². The van der Waals surface area contributed by atoms with Crippen LogP contribution in [0.25, 0.3) is 0 Å². The van der Waals surface area contributed by atoms with Crippen molar-refractivity contribution >= 4 is 11.3 Å². The van der Waals surface area contributed by atoms with E-state index in [9.17, 15) is 0 Å². The Bertz CT molecular complexity index is 255. The van der Waals surface area contributed by atoms with Gasteiger partial charge in [0.15, 0.2) is 0 Å². The van der Waals surface area contributed by atoms with E-state index in [1.165, 1.54) is 0 Å². The second kappa shape index (κ2) is 3.54. The Morgan fingerprint density at radius 1 is 1.58 bits per heavy atom. The zero-order valence-corrected chi connectivity index (χ0v) is 8.61. The van der Waals surface area contributed by atoms with Gasteiger partial charge in [-0.2, -0.15) is 0 Å². The summed E-state index contributed by atoms with van der Waals surface area (Å²) in [5, 5.41) is 12.2. The summed E-state index contributed by atoms with van der Waals surface area (Å²) in [5.41, 5.74) is 0.939. The molecule has 1 rings (SSSR count). The summed E-state index contributed by atoms with van der Waals surface area (Å²) < 4.78 is 0. The number of aliphatic hydroxyl groups excluding tert-OH is 1. The van der Waals surface area contributed by atoms with Crippen molar-refractivity contribution in [3.63, 3.8) is 0 Å². The molecule has 0 aliphatic carbocycles. The standard InChI is InChI=1S/C9H15NOS/c1-4-7-5-12-8(10-7)9(2,3)6-11/h5,11H,4,6H2,1-3H3. The quantitative estimate of drug-likeness (QED) is 0.781. The molecule has 0 bridgehead atoms. The Kier molecular flexibility index (Phi) is 2.85. The third-order valence-electron chi connectivity index (χ3n) is 1.89. The number of aromatic nitrogens is 1. The molecular weight excluding hydrogens is 170 g/mol. The van der Waals surface area contributed by atoms with Gasteiger partial charge in [-0.05, 0) is 6.42 Å². The molecule has 0 amide bonds. The van der Waals surface area contributed by atoms with Crippen molar-refractivity contribution in [1.29, 1.82) is 0 Å². The molecule has 1 aromatic heterocycles. The highest BCUT2D eigenvalue weighted by atomic mass is 32.1. The number of aliphatic hydroxyl groups is 1. The Morgan fingerprint density at radius 2 is 2.25 bits per heavy atom. The maximum atomic E-state index is 9.10. The average Bonchev–Trinajstić information content (AvgIpc) is 2.52. The third kappa shape index (κ3) is 1.84. The predicted octanol–water partition coefficient (Wildman–Crippen LogP) is 1.98. The van der Waals surface area contributed by atoms with E-state index in [4.69, 9.17) is 5.11 Å². The normalized spacial score (nSPS) is 12.0. The lowest BCUT2D eigenvalue weighted by Crippen LogP contribution is -2.21. The van der Waals surface area contributed by atoms with Crippen molar-refractivity contribution < 1.29 is 5.11 Å². The van der Waals surface area contributed by atoms with Gasteiger partial charge in [-0.25, -0.2) is 4.98 Å². The van der Waals surface area contributed by atoms with E-state index in [1.54, 1.807) is 11.3 Å². The zero-order chi connectivity index (χ0) is 9.19. The zero-order valence-electron chi connectivity index (χ0n) is 7.79. The van der Waals surface area contributed by atoms with Gasteiger partial charge in [0.05, 0.1) is 12.3 Å². The van der Waals surface area contributed by atoms with Crippen LogP contribution in [0.2, 0.25) is 0 Å². The van der Waals surface area contributed by atoms with Crippen LogP contribution in [0.4, 0.5) is 0 Å². The molecule has 3 heteroatoms. The van der Waals surface area contributed by atoms with Crippen molar-refractivity contribution in [1.82, 2.24) is 4.98 Å². The summed E-state index contributed by atoms with van der Waals surface area (Å²) in [5.74, 6) is 0. The minimum atomic E-state index is -0.182. The smallest absolute Gasteiger partial charge is 0.101 e. The highest BCUT2D eigenvalue weighted by Gasteiger charge is 2.22. The molecular formula is C9H15NOS. The lowest BCUT2D eigenvalue weighted by atomic mass is 9.96. The summed E-state index contributed by atoms with van der Waals surface area (Å²) in [7, 11) is 0. The number of thiazole rings is 1. The maximum Gasteiger partial charge on any atom is 0.101 e. The third-order valence-corrected chi connectivity index (χ3v) is 3.15. The average molecular weight is 185 g/mol.